The van der Waals surface area contributed by atoms with Crippen molar-refractivity contribution in [3.8, 4) is 0 Å². The van der Waals surface area contributed by atoms with Crippen LogP contribution in [0.5, 0.6) is 0 Å². The molecule has 1 unspecified atom stereocenters. The summed E-state index contributed by atoms with van der Waals surface area (Å²) in [6.07, 6.45) is 1.25. The first-order valence-electron chi connectivity index (χ1n) is 6.51. The molecule has 0 bridgehead atoms. The molecule has 0 aromatic heterocycles. The Morgan fingerprint density at radius 3 is 2.74 bits per heavy atom. The number of carbonyl (C=O) groups excluding carboxylic acids is 1. The zero-order valence-corrected chi connectivity index (χ0v) is 11.6. The molecule has 0 amide bonds. The topological polar surface area (TPSA) is 38.3 Å². The van der Waals surface area contributed by atoms with Crippen LogP contribution in [0, 0.1) is 17.2 Å². The average Bonchev–Trinajstić information content (AvgIpc) is 2.96. The quantitative estimate of drug-likeness (QED) is 0.832. The SMILES string of the molecule is COC(=O)c1ccc(CNCC2CC2(C)C)cc1F. The van der Waals surface area contributed by atoms with E-state index in [-0.39, 0.29) is 5.56 Å². The van der Waals surface area contributed by atoms with E-state index >= 15 is 0 Å². The highest BCUT2D eigenvalue weighted by Crippen LogP contribution is 2.50. The Bertz CT molecular complexity index is 485. The average molecular weight is 265 g/mol. The van der Waals surface area contributed by atoms with Gasteiger partial charge in [0.25, 0.3) is 0 Å². The summed E-state index contributed by atoms with van der Waals surface area (Å²) in [5, 5.41) is 3.33. The number of carbonyl (C=O) groups is 1. The number of hydrogen-bond donors (Lipinski definition) is 1. The number of rotatable bonds is 5. The Morgan fingerprint density at radius 1 is 1.53 bits per heavy atom. The summed E-state index contributed by atoms with van der Waals surface area (Å²) in [6, 6.07) is 4.61. The molecule has 0 spiro atoms. The second-order valence-corrected chi connectivity index (χ2v) is 5.83. The lowest BCUT2D eigenvalue weighted by molar-refractivity contribution is 0.0595. The predicted molar refractivity (Wildman–Crippen MR) is 71.3 cm³/mol. The van der Waals surface area contributed by atoms with Crippen molar-refractivity contribution in [2.24, 2.45) is 11.3 Å². The van der Waals surface area contributed by atoms with Crippen molar-refractivity contribution in [1.82, 2.24) is 5.32 Å². The van der Waals surface area contributed by atoms with Crippen LogP contribution in [-0.2, 0) is 11.3 Å². The highest BCUT2D eigenvalue weighted by Gasteiger charge is 2.44. The maximum absolute atomic E-state index is 13.7. The predicted octanol–water partition coefficient (Wildman–Crippen LogP) is 2.75. The highest BCUT2D eigenvalue weighted by molar-refractivity contribution is 5.89. The standard InChI is InChI=1S/C15H20FNO2/c1-15(2)7-11(15)9-17-8-10-4-5-12(13(16)6-10)14(18)19-3/h4-6,11,17H,7-9H2,1-3H3. The van der Waals surface area contributed by atoms with Gasteiger partial charge < -0.3 is 10.1 Å². The smallest absolute Gasteiger partial charge is 0.340 e. The van der Waals surface area contributed by atoms with Crippen LogP contribution in [0.4, 0.5) is 4.39 Å². The molecule has 0 radical (unpaired) electrons. The van der Waals surface area contributed by atoms with Gasteiger partial charge in [-0.15, -0.1) is 0 Å². The minimum Gasteiger partial charge on any atom is -0.465 e. The molecule has 0 aliphatic heterocycles. The molecule has 1 aliphatic carbocycles. The molecule has 1 aromatic rings. The first-order valence-corrected chi connectivity index (χ1v) is 6.51. The van der Waals surface area contributed by atoms with Crippen molar-refractivity contribution in [3.05, 3.63) is 35.1 Å². The first-order chi connectivity index (χ1) is 8.94. The third-order valence-corrected chi connectivity index (χ3v) is 3.88. The number of halogens is 1. The Hall–Kier alpha value is -1.42. The van der Waals surface area contributed by atoms with E-state index in [9.17, 15) is 9.18 Å². The van der Waals surface area contributed by atoms with Gasteiger partial charge in [0.2, 0.25) is 0 Å². The van der Waals surface area contributed by atoms with Gasteiger partial charge in [-0.2, -0.15) is 0 Å². The van der Waals surface area contributed by atoms with E-state index in [2.05, 4.69) is 23.9 Å². The summed E-state index contributed by atoms with van der Waals surface area (Å²) in [5.41, 5.74) is 1.27. The Morgan fingerprint density at radius 2 is 2.21 bits per heavy atom. The van der Waals surface area contributed by atoms with Gasteiger partial charge in [0.05, 0.1) is 12.7 Å². The van der Waals surface area contributed by atoms with Crippen LogP contribution in [0.15, 0.2) is 18.2 Å². The minimum absolute atomic E-state index is 0.0189. The van der Waals surface area contributed by atoms with Crippen LogP contribution in [0.3, 0.4) is 0 Å². The largest absolute Gasteiger partial charge is 0.465 e. The van der Waals surface area contributed by atoms with Crippen molar-refractivity contribution in [3.63, 3.8) is 0 Å². The first kappa shape index (κ1) is 14.0. The van der Waals surface area contributed by atoms with Gasteiger partial charge in [0.1, 0.15) is 5.82 Å². The summed E-state index contributed by atoms with van der Waals surface area (Å²) in [5.74, 6) is -0.457. The van der Waals surface area contributed by atoms with Crippen LogP contribution in [0.25, 0.3) is 0 Å². The van der Waals surface area contributed by atoms with Crippen LogP contribution >= 0.6 is 0 Å². The van der Waals surface area contributed by atoms with E-state index in [4.69, 9.17) is 0 Å². The number of benzene rings is 1. The van der Waals surface area contributed by atoms with Gasteiger partial charge >= 0.3 is 5.97 Å². The number of ether oxygens (including phenoxy) is 1. The molecule has 1 atom stereocenters. The van der Waals surface area contributed by atoms with Crippen LogP contribution in [0.1, 0.15) is 36.2 Å². The van der Waals surface area contributed by atoms with Crippen molar-refractivity contribution in [2.75, 3.05) is 13.7 Å². The number of hydrogen-bond acceptors (Lipinski definition) is 3. The van der Waals surface area contributed by atoms with E-state index in [1.165, 1.54) is 25.7 Å². The summed E-state index contributed by atoms with van der Waals surface area (Å²) < 4.78 is 18.2. The molecule has 0 heterocycles. The van der Waals surface area contributed by atoms with E-state index in [1.807, 2.05) is 0 Å². The molecule has 104 valence electrons. The summed E-state index contributed by atoms with van der Waals surface area (Å²) in [7, 11) is 1.24. The lowest BCUT2D eigenvalue weighted by Crippen LogP contribution is -2.18. The molecule has 1 fully saturated rings. The third kappa shape index (κ3) is 3.32. The van der Waals surface area contributed by atoms with Gasteiger partial charge in [-0.05, 0) is 42.0 Å². The van der Waals surface area contributed by atoms with Gasteiger partial charge in [-0.25, -0.2) is 9.18 Å². The second-order valence-electron chi connectivity index (χ2n) is 5.83. The normalized spacial score (nSPS) is 20.1. The maximum atomic E-state index is 13.7. The molecule has 1 N–H and O–H groups in total. The molecule has 0 saturated heterocycles. The van der Waals surface area contributed by atoms with Crippen molar-refractivity contribution < 1.29 is 13.9 Å². The van der Waals surface area contributed by atoms with Crippen molar-refractivity contribution >= 4 is 5.97 Å². The third-order valence-electron chi connectivity index (χ3n) is 3.88. The molecule has 19 heavy (non-hydrogen) atoms. The van der Waals surface area contributed by atoms with E-state index in [1.54, 1.807) is 6.07 Å². The van der Waals surface area contributed by atoms with Crippen LogP contribution in [0.2, 0.25) is 0 Å². The van der Waals surface area contributed by atoms with Crippen molar-refractivity contribution in [1.29, 1.82) is 0 Å². The number of esters is 1. The monoisotopic (exact) mass is 265 g/mol. The summed E-state index contributed by atoms with van der Waals surface area (Å²) >= 11 is 0. The molecule has 2 rings (SSSR count). The molecular weight excluding hydrogens is 245 g/mol. The number of nitrogens with one attached hydrogen (secondary N) is 1. The minimum atomic E-state index is -0.642. The zero-order valence-electron chi connectivity index (χ0n) is 11.6. The Balaban J connectivity index is 1.88. The van der Waals surface area contributed by atoms with Gasteiger partial charge in [-0.1, -0.05) is 19.9 Å². The number of methoxy groups -OCH3 is 1. The molecule has 4 heteroatoms. The second kappa shape index (κ2) is 5.29. The fraction of sp³-hybridized carbons (Fsp3) is 0.533. The molecule has 1 aromatic carbocycles. The van der Waals surface area contributed by atoms with Gasteiger partial charge in [0, 0.05) is 6.54 Å². The van der Waals surface area contributed by atoms with E-state index in [0.29, 0.717) is 17.9 Å². The molecule has 1 saturated carbocycles. The lowest BCUT2D eigenvalue weighted by atomic mass is 10.1. The Kier molecular flexibility index (Phi) is 3.90. The highest BCUT2D eigenvalue weighted by atomic mass is 19.1. The molecular formula is C15H20FNO2. The summed E-state index contributed by atoms with van der Waals surface area (Å²) in [6.45, 7) is 6.08. The van der Waals surface area contributed by atoms with E-state index in [0.717, 1.165) is 12.1 Å². The van der Waals surface area contributed by atoms with Crippen LogP contribution < -0.4 is 5.32 Å². The maximum Gasteiger partial charge on any atom is 0.340 e. The van der Waals surface area contributed by atoms with E-state index < -0.39 is 11.8 Å². The fourth-order valence-corrected chi connectivity index (χ4v) is 2.26. The zero-order chi connectivity index (χ0) is 14.0. The molecule has 3 nitrogen and oxygen atoms in total. The van der Waals surface area contributed by atoms with Gasteiger partial charge in [0.15, 0.2) is 0 Å². The van der Waals surface area contributed by atoms with Crippen molar-refractivity contribution in [2.45, 2.75) is 26.8 Å². The Labute approximate surface area is 113 Å². The van der Waals surface area contributed by atoms with Gasteiger partial charge in [-0.3, -0.25) is 0 Å². The lowest BCUT2D eigenvalue weighted by Gasteiger charge is -2.08. The fourth-order valence-electron chi connectivity index (χ4n) is 2.26. The summed E-state index contributed by atoms with van der Waals surface area (Å²) in [4.78, 5) is 11.3. The molecule has 1 aliphatic rings. The van der Waals surface area contributed by atoms with Crippen LogP contribution in [-0.4, -0.2) is 19.6 Å².